The van der Waals surface area contributed by atoms with Crippen molar-refractivity contribution in [2.24, 2.45) is 5.92 Å². The van der Waals surface area contributed by atoms with Gasteiger partial charge < -0.3 is 25.2 Å². The number of carbonyl (C=O) groups excluding carboxylic acids is 2. The highest BCUT2D eigenvalue weighted by Crippen LogP contribution is 2.26. The smallest absolute Gasteiger partial charge is 0.318 e. The van der Waals surface area contributed by atoms with Crippen LogP contribution in [0.5, 0.6) is 0 Å². The van der Waals surface area contributed by atoms with E-state index in [1.54, 1.807) is 0 Å². The lowest BCUT2D eigenvalue weighted by atomic mass is 10.0. The molecule has 0 saturated carbocycles. The molecule has 1 atom stereocenters. The van der Waals surface area contributed by atoms with Gasteiger partial charge in [-0.25, -0.2) is 4.79 Å². The largest absolute Gasteiger partial charge is 0.377 e. The molecule has 3 amide bonds. The Hall–Kier alpha value is -2.28. The van der Waals surface area contributed by atoms with Crippen molar-refractivity contribution in [3.63, 3.8) is 0 Å². The highest BCUT2D eigenvalue weighted by atomic mass is 16.5. The number of rotatable bonds is 8. The van der Waals surface area contributed by atoms with Gasteiger partial charge in [0.1, 0.15) is 6.61 Å². The number of hydrogen-bond donors (Lipinski definition) is 2. The fraction of sp³-hybridized carbons (Fsp3) is 0.636. The van der Waals surface area contributed by atoms with Crippen molar-refractivity contribution < 1.29 is 14.3 Å². The van der Waals surface area contributed by atoms with Crippen molar-refractivity contribution >= 4 is 23.3 Å². The van der Waals surface area contributed by atoms with Gasteiger partial charge in [-0.15, -0.1) is 0 Å². The van der Waals surface area contributed by atoms with Crippen LogP contribution in [-0.2, 0) is 16.1 Å². The number of ether oxygens (including phenoxy) is 1. The standard InChI is InChI=1S/C22H38N4O3/c1-15(2)16(3)26(21(28)24-22(4,5)6)13-17-12-18(23-20(27)14-29-9)10-11-19(17)25(7)8/h10-12,15-16H,13-14H2,1-9H3,(H,23,27)(H,24,28). The van der Waals surface area contributed by atoms with E-state index >= 15 is 0 Å². The molecule has 7 nitrogen and oxygen atoms in total. The second kappa shape index (κ2) is 10.5. The minimum Gasteiger partial charge on any atom is -0.377 e. The van der Waals surface area contributed by atoms with Crippen molar-refractivity contribution in [1.29, 1.82) is 0 Å². The molecule has 0 heterocycles. The van der Waals surface area contributed by atoms with Gasteiger partial charge in [-0.2, -0.15) is 0 Å². The van der Waals surface area contributed by atoms with Gasteiger partial charge >= 0.3 is 6.03 Å². The number of nitrogens with zero attached hydrogens (tertiary/aromatic N) is 2. The first-order valence-electron chi connectivity index (χ1n) is 10.0. The fourth-order valence-corrected chi connectivity index (χ4v) is 2.89. The summed E-state index contributed by atoms with van der Waals surface area (Å²) in [6.07, 6.45) is 0. The highest BCUT2D eigenvalue weighted by Gasteiger charge is 2.27. The molecule has 0 saturated heterocycles. The Labute approximate surface area is 175 Å². The van der Waals surface area contributed by atoms with Crippen molar-refractivity contribution in [1.82, 2.24) is 10.2 Å². The second-order valence-electron chi connectivity index (χ2n) is 9.01. The normalized spacial score (nSPS) is 12.5. The monoisotopic (exact) mass is 406 g/mol. The molecule has 2 N–H and O–H groups in total. The number of benzene rings is 1. The lowest BCUT2D eigenvalue weighted by Crippen LogP contribution is -2.52. The molecule has 0 aliphatic rings. The third kappa shape index (κ3) is 7.93. The van der Waals surface area contributed by atoms with Gasteiger partial charge in [0.2, 0.25) is 5.91 Å². The fourth-order valence-electron chi connectivity index (χ4n) is 2.89. The number of amides is 3. The van der Waals surface area contributed by atoms with E-state index in [1.165, 1.54) is 7.11 Å². The Morgan fingerprint density at radius 2 is 1.76 bits per heavy atom. The predicted molar refractivity (Wildman–Crippen MR) is 119 cm³/mol. The number of methoxy groups -OCH3 is 1. The average molecular weight is 407 g/mol. The molecule has 0 aliphatic carbocycles. The SMILES string of the molecule is COCC(=O)Nc1ccc(N(C)C)c(CN(C(=O)NC(C)(C)C)C(C)C(C)C)c1. The quantitative estimate of drug-likeness (QED) is 0.690. The Bertz CT molecular complexity index is 696. The van der Waals surface area contributed by atoms with Crippen LogP contribution in [0.3, 0.4) is 0 Å². The number of urea groups is 1. The van der Waals surface area contributed by atoms with Gasteiger partial charge in [0, 0.05) is 50.7 Å². The van der Waals surface area contributed by atoms with Crippen LogP contribution in [0.1, 0.15) is 47.1 Å². The van der Waals surface area contributed by atoms with E-state index in [4.69, 9.17) is 4.74 Å². The Morgan fingerprint density at radius 1 is 1.14 bits per heavy atom. The topological polar surface area (TPSA) is 73.9 Å². The molecular formula is C22H38N4O3. The van der Waals surface area contributed by atoms with Gasteiger partial charge in [0.25, 0.3) is 0 Å². The van der Waals surface area contributed by atoms with E-state index < -0.39 is 0 Å². The number of nitrogens with one attached hydrogen (secondary N) is 2. The molecule has 0 fully saturated rings. The summed E-state index contributed by atoms with van der Waals surface area (Å²) in [6.45, 7) is 12.6. The maximum atomic E-state index is 13.1. The van der Waals surface area contributed by atoms with E-state index in [-0.39, 0.29) is 30.1 Å². The zero-order valence-corrected chi connectivity index (χ0v) is 19.4. The number of hydrogen-bond acceptors (Lipinski definition) is 4. The predicted octanol–water partition coefficient (Wildman–Crippen LogP) is 3.69. The first-order chi connectivity index (χ1) is 13.4. The van der Waals surface area contributed by atoms with Crippen molar-refractivity contribution in [2.45, 2.75) is 59.7 Å². The summed E-state index contributed by atoms with van der Waals surface area (Å²) < 4.78 is 4.89. The van der Waals surface area contributed by atoms with Crippen molar-refractivity contribution in [2.75, 3.05) is 38.0 Å². The minimum absolute atomic E-state index is 0.00470. The van der Waals surface area contributed by atoms with Crippen LogP contribution in [0.15, 0.2) is 18.2 Å². The van der Waals surface area contributed by atoms with Crippen LogP contribution in [0.25, 0.3) is 0 Å². The summed E-state index contributed by atoms with van der Waals surface area (Å²) >= 11 is 0. The molecule has 29 heavy (non-hydrogen) atoms. The molecule has 0 bridgehead atoms. The van der Waals surface area contributed by atoms with E-state index in [2.05, 4.69) is 31.4 Å². The molecule has 0 aromatic heterocycles. The Kier molecular flexibility index (Phi) is 8.95. The average Bonchev–Trinajstić information content (AvgIpc) is 2.57. The van der Waals surface area contributed by atoms with Gasteiger partial charge in [-0.3, -0.25) is 4.79 Å². The van der Waals surface area contributed by atoms with Gasteiger partial charge in [-0.05, 0) is 57.4 Å². The van der Waals surface area contributed by atoms with Crippen molar-refractivity contribution in [3.05, 3.63) is 23.8 Å². The lowest BCUT2D eigenvalue weighted by molar-refractivity contribution is -0.119. The summed E-state index contributed by atoms with van der Waals surface area (Å²) in [6, 6.07) is 5.68. The molecule has 0 spiro atoms. The zero-order chi connectivity index (χ0) is 22.4. The van der Waals surface area contributed by atoms with E-state index in [9.17, 15) is 9.59 Å². The van der Waals surface area contributed by atoms with Crippen LogP contribution in [-0.4, -0.2) is 56.2 Å². The molecule has 0 aliphatic heterocycles. The van der Waals surface area contributed by atoms with Crippen LogP contribution in [0.2, 0.25) is 0 Å². The third-order valence-electron chi connectivity index (χ3n) is 4.66. The van der Waals surface area contributed by atoms with Crippen LogP contribution in [0, 0.1) is 5.92 Å². The van der Waals surface area contributed by atoms with Gasteiger partial charge in [-0.1, -0.05) is 13.8 Å². The molecule has 0 radical (unpaired) electrons. The van der Waals surface area contributed by atoms with E-state index in [0.717, 1.165) is 11.3 Å². The zero-order valence-electron chi connectivity index (χ0n) is 19.4. The number of anilines is 2. The van der Waals surface area contributed by atoms with Crippen molar-refractivity contribution in [3.8, 4) is 0 Å². The van der Waals surface area contributed by atoms with Crippen LogP contribution in [0.4, 0.5) is 16.2 Å². The summed E-state index contributed by atoms with van der Waals surface area (Å²) in [5.41, 5.74) is 2.31. The first kappa shape index (κ1) is 24.8. The summed E-state index contributed by atoms with van der Waals surface area (Å²) in [5.74, 6) is 0.0852. The molecule has 1 aromatic carbocycles. The second-order valence-corrected chi connectivity index (χ2v) is 9.01. The maximum Gasteiger partial charge on any atom is 0.318 e. The molecule has 1 rings (SSSR count). The maximum absolute atomic E-state index is 13.1. The lowest BCUT2D eigenvalue weighted by Gasteiger charge is -2.35. The summed E-state index contributed by atoms with van der Waals surface area (Å²) in [4.78, 5) is 28.8. The Morgan fingerprint density at radius 3 is 2.24 bits per heavy atom. The van der Waals surface area contributed by atoms with E-state index in [1.807, 2.05) is 62.9 Å². The Balaban J connectivity index is 3.26. The molecule has 7 heteroatoms. The summed E-state index contributed by atoms with van der Waals surface area (Å²) in [7, 11) is 5.42. The molecule has 1 aromatic rings. The highest BCUT2D eigenvalue weighted by molar-refractivity contribution is 5.92. The molecular weight excluding hydrogens is 368 g/mol. The van der Waals surface area contributed by atoms with Crippen LogP contribution < -0.4 is 15.5 Å². The van der Waals surface area contributed by atoms with Gasteiger partial charge in [0.15, 0.2) is 0 Å². The first-order valence-corrected chi connectivity index (χ1v) is 10.0. The number of carbonyl (C=O) groups is 2. The summed E-state index contributed by atoms with van der Waals surface area (Å²) in [5, 5.41) is 5.92. The van der Waals surface area contributed by atoms with E-state index in [0.29, 0.717) is 18.2 Å². The van der Waals surface area contributed by atoms with Crippen LogP contribution >= 0.6 is 0 Å². The minimum atomic E-state index is -0.327. The molecule has 1 unspecified atom stereocenters. The molecule has 164 valence electrons. The van der Waals surface area contributed by atoms with Gasteiger partial charge in [0.05, 0.1) is 0 Å². The third-order valence-corrected chi connectivity index (χ3v) is 4.66.